The lowest BCUT2D eigenvalue weighted by atomic mass is 10.1. The molecule has 0 spiro atoms. The molecular weight excluding hydrogens is 184 g/mol. The molecule has 0 aliphatic heterocycles. The second kappa shape index (κ2) is 5.07. The summed E-state index contributed by atoms with van der Waals surface area (Å²) in [6.45, 7) is 5.38. The predicted molar refractivity (Wildman–Crippen MR) is 57.2 cm³/mol. The molecule has 0 unspecified atom stereocenters. The van der Waals surface area contributed by atoms with E-state index in [-0.39, 0.29) is 0 Å². The molecule has 0 fully saturated rings. The molecule has 2 nitrogen and oxygen atoms in total. The summed E-state index contributed by atoms with van der Waals surface area (Å²) in [5.74, 6) is 1.62. The van der Waals surface area contributed by atoms with Crippen molar-refractivity contribution in [3.05, 3.63) is 23.4 Å². The van der Waals surface area contributed by atoms with E-state index in [9.17, 15) is 0 Å². The van der Waals surface area contributed by atoms with Gasteiger partial charge in [-0.1, -0.05) is 25.4 Å². The highest BCUT2D eigenvalue weighted by Crippen LogP contribution is 2.09. The molecule has 0 aromatic carbocycles. The SMILES string of the molecule is CC(C)CCNc1ccc(Cl)cn1. The summed E-state index contributed by atoms with van der Waals surface area (Å²) in [7, 11) is 0. The molecule has 0 saturated carbocycles. The first-order valence-electron chi connectivity index (χ1n) is 4.54. The Morgan fingerprint density at radius 1 is 1.46 bits per heavy atom. The summed E-state index contributed by atoms with van der Waals surface area (Å²) in [6.07, 6.45) is 2.81. The van der Waals surface area contributed by atoms with E-state index < -0.39 is 0 Å². The summed E-state index contributed by atoms with van der Waals surface area (Å²) in [6, 6.07) is 3.73. The molecule has 0 atom stereocenters. The fraction of sp³-hybridized carbons (Fsp3) is 0.500. The first-order chi connectivity index (χ1) is 6.18. The van der Waals surface area contributed by atoms with Crippen molar-refractivity contribution in [2.24, 2.45) is 5.92 Å². The maximum Gasteiger partial charge on any atom is 0.125 e. The first kappa shape index (κ1) is 10.3. The van der Waals surface area contributed by atoms with Crippen molar-refractivity contribution in [1.82, 2.24) is 4.98 Å². The van der Waals surface area contributed by atoms with E-state index in [2.05, 4.69) is 24.1 Å². The molecule has 0 aliphatic carbocycles. The van der Waals surface area contributed by atoms with Crippen LogP contribution in [0.25, 0.3) is 0 Å². The van der Waals surface area contributed by atoms with Crippen molar-refractivity contribution in [3.8, 4) is 0 Å². The number of aromatic nitrogens is 1. The lowest BCUT2D eigenvalue weighted by Gasteiger charge is -2.06. The van der Waals surface area contributed by atoms with Gasteiger partial charge in [-0.05, 0) is 24.5 Å². The van der Waals surface area contributed by atoms with Crippen LogP contribution in [-0.2, 0) is 0 Å². The minimum Gasteiger partial charge on any atom is -0.370 e. The molecule has 0 saturated heterocycles. The van der Waals surface area contributed by atoms with Crippen LogP contribution < -0.4 is 5.32 Å². The van der Waals surface area contributed by atoms with Crippen molar-refractivity contribution < 1.29 is 0 Å². The largest absolute Gasteiger partial charge is 0.370 e. The third kappa shape index (κ3) is 4.13. The van der Waals surface area contributed by atoms with Gasteiger partial charge in [0.15, 0.2) is 0 Å². The Morgan fingerprint density at radius 2 is 2.23 bits per heavy atom. The molecule has 13 heavy (non-hydrogen) atoms. The molecule has 1 rings (SSSR count). The Hall–Kier alpha value is -0.760. The highest BCUT2D eigenvalue weighted by Gasteiger charge is 1.95. The first-order valence-corrected chi connectivity index (χ1v) is 4.91. The van der Waals surface area contributed by atoms with Gasteiger partial charge in [0.05, 0.1) is 5.02 Å². The van der Waals surface area contributed by atoms with Gasteiger partial charge in [0.2, 0.25) is 0 Å². The van der Waals surface area contributed by atoms with Gasteiger partial charge >= 0.3 is 0 Å². The topological polar surface area (TPSA) is 24.9 Å². The highest BCUT2D eigenvalue weighted by molar-refractivity contribution is 6.30. The van der Waals surface area contributed by atoms with E-state index in [0.29, 0.717) is 5.02 Å². The van der Waals surface area contributed by atoms with Crippen LogP contribution >= 0.6 is 11.6 Å². The standard InChI is InChI=1S/C10H15ClN2/c1-8(2)5-6-12-10-4-3-9(11)7-13-10/h3-4,7-8H,5-6H2,1-2H3,(H,12,13). The Labute approximate surface area is 84.3 Å². The number of halogens is 1. The Morgan fingerprint density at radius 3 is 2.77 bits per heavy atom. The molecule has 1 heterocycles. The van der Waals surface area contributed by atoms with Gasteiger partial charge in [0.25, 0.3) is 0 Å². The third-order valence-electron chi connectivity index (χ3n) is 1.76. The van der Waals surface area contributed by atoms with E-state index in [1.807, 2.05) is 12.1 Å². The molecule has 0 radical (unpaired) electrons. The number of pyridine rings is 1. The van der Waals surface area contributed by atoms with Gasteiger partial charge < -0.3 is 5.32 Å². The van der Waals surface area contributed by atoms with Crippen LogP contribution in [0.3, 0.4) is 0 Å². The number of nitrogens with zero attached hydrogens (tertiary/aromatic N) is 1. The lowest BCUT2D eigenvalue weighted by Crippen LogP contribution is -2.05. The van der Waals surface area contributed by atoms with E-state index in [4.69, 9.17) is 11.6 Å². The zero-order valence-electron chi connectivity index (χ0n) is 8.05. The summed E-state index contributed by atoms with van der Waals surface area (Å²) < 4.78 is 0. The highest BCUT2D eigenvalue weighted by atomic mass is 35.5. The van der Waals surface area contributed by atoms with Gasteiger partial charge in [0, 0.05) is 12.7 Å². The summed E-state index contributed by atoms with van der Waals surface area (Å²) in [5.41, 5.74) is 0. The maximum atomic E-state index is 5.71. The van der Waals surface area contributed by atoms with Crippen molar-refractivity contribution >= 4 is 17.4 Å². The molecule has 72 valence electrons. The average molecular weight is 199 g/mol. The fourth-order valence-corrected chi connectivity index (χ4v) is 1.08. The smallest absolute Gasteiger partial charge is 0.125 e. The minimum absolute atomic E-state index is 0.675. The van der Waals surface area contributed by atoms with Gasteiger partial charge in [-0.25, -0.2) is 4.98 Å². The number of hydrogen-bond acceptors (Lipinski definition) is 2. The van der Waals surface area contributed by atoms with Crippen LogP contribution in [0, 0.1) is 5.92 Å². The van der Waals surface area contributed by atoms with Crippen LogP contribution in [0.2, 0.25) is 5.02 Å². The van der Waals surface area contributed by atoms with E-state index in [0.717, 1.165) is 24.7 Å². The van der Waals surface area contributed by atoms with E-state index >= 15 is 0 Å². The number of rotatable bonds is 4. The molecule has 1 aromatic rings. The quantitative estimate of drug-likeness (QED) is 0.804. The number of nitrogens with one attached hydrogen (secondary N) is 1. The van der Waals surface area contributed by atoms with Gasteiger partial charge in [0.1, 0.15) is 5.82 Å². The molecule has 1 aromatic heterocycles. The second-order valence-electron chi connectivity index (χ2n) is 3.47. The molecule has 0 bridgehead atoms. The molecule has 1 N–H and O–H groups in total. The fourth-order valence-electron chi connectivity index (χ4n) is 0.969. The van der Waals surface area contributed by atoms with Gasteiger partial charge in [-0.2, -0.15) is 0 Å². The maximum absolute atomic E-state index is 5.71. The number of anilines is 1. The van der Waals surface area contributed by atoms with Crippen LogP contribution in [0.4, 0.5) is 5.82 Å². The molecule has 0 amide bonds. The van der Waals surface area contributed by atoms with E-state index in [1.54, 1.807) is 6.20 Å². The van der Waals surface area contributed by atoms with E-state index in [1.165, 1.54) is 0 Å². The Kier molecular flexibility index (Phi) is 4.03. The van der Waals surface area contributed by atoms with Crippen molar-refractivity contribution in [3.63, 3.8) is 0 Å². The third-order valence-corrected chi connectivity index (χ3v) is 1.98. The van der Waals surface area contributed by atoms with Gasteiger partial charge in [-0.15, -0.1) is 0 Å². The monoisotopic (exact) mass is 198 g/mol. The van der Waals surface area contributed by atoms with Crippen molar-refractivity contribution in [2.75, 3.05) is 11.9 Å². The zero-order valence-corrected chi connectivity index (χ0v) is 8.80. The molecule has 3 heteroatoms. The average Bonchev–Trinajstić information content (AvgIpc) is 2.08. The van der Waals surface area contributed by atoms with Crippen molar-refractivity contribution in [2.45, 2.75) is 20.3 Å². The van der Waals surface area contributed by atoms with Crippen LogP contribution in [0.15, 0.2) is 18.3 Å². The van der Waals surface area contributed by atoms with Crippen LogP contribution in [-0.4, -0.2) is 11.5 Å². The van der Waals surface area contributed by atoms with Crippen LogP contribution in [0.1, 0.15) is 20.3 Å². The lowest BCUT2D eigenvalue weighted by molar-refractivity contribution is 0.606. The second-order valence-corrected chi connectivity index (χ2v) is 3.91. The number of hydrogen-bond donors (Lipinski definition) is 1. The molecule has 0 aliphatic rings. The van der Waals surface area contributed by atoms with Gasteiger partial charge in [-0.3, -0.25) is 0 Å². The normalized spacial score (nSPS) is 10.5. The van der Waals surface area contributed by atoms with Crippen LogP contribution in [0.5, 0.6) is 0 Å². The van der Waals surface area contributed by atoms with Crippen molar-refractivity contribution in [1.29, 1.82) is 0 Å². The predicted octanol–water partition coefficient (Wildman–Crippen LogP) is 3.19. The summed E-state index contributed by atoms with van der Waals surface area (Å²) in [4.78, 5) is 4.13. The minimum atomic E-state index is 0.675. The Bertz CT molecular complexity index is 244. The summed E-state index contributed by atoms with van der Waals surface area (Å²) in [5, 5.41) is 3.91. The Balaban J connectivity index is 2.33. The molecular formula is C10H15ClN2. The summed E-state index contributed by atoms with van der Waals surface area (Å²) >= 11 is 5.71. The zero-order chi connectivity index (χ0) is 9.68.